The third-order valence-electron chi connectivity index (χ3n) is 6.92. The molecule has 4 heterocycles. The van der Waals surface area contributed by atoms with E-state index in [4.69, 9.17) is 10.5 Å². The average molecular weight is 497 g/mol. The Morgan fingerprint density at radius 2 is 2.09 bits per heavy atom. The molecule has 3 aliphatic heterocycles. The molecule has 0 aliphatic carbocycles. The number of alkyl halides is 1. The van der Waals surface area contributed by atoms with Gasteiger partial charge in [0.05, 0.1) is 42.9 Å². The predicted octanol–water partition coefficient (Wildman–Crippen LogP) is -0.531. The van der Waals surface area contributed by atoms with Crippen molar-refractivity contribution in [2.75, 3.05) is 63.7 Å². The maximum Gasteiger partial charge on any atom is 0.233 e. The van der Waals surface area contributed by atoms with Gasteiger partial charge in [-0.05, 0) is 12.8 Å². The number of anilines is 2. The smallest absolute Gasteiger partial charge is 0.233 e. The molecule has 3 aliphatic rings. The molecule has 4 rings (SSSR count). The van der Waals surface area contributed by atoms with E-state index in [0.717, 1.165) is 6.20 Å². The van der Waals surface area contributed by atoms with Gasteiger partial charge in [-0.3, -0.25) is 19.9 Å². The van der Waals surface area contributed by atoms with Gasteiger partial charge in [0.1, 0.15) is 11.9 Å². The Balaban J connectivity index is 1.43. The first-order chi connectivity index (χ1) is 16.8. The minimum Gasteiger partial charge on any atom is -0.383 e. The Hall–Kier alpha value is -2.45. The van der Waals surface area contributed by atoms with Crippen LogP contribution in [0.2, 0.25) is 0 Å². The lowest BCUT2D eigenvalue weighted by Crippen LogP contribution is -2.58. The molecule has 4 atom stereocenters. The number of piperidine rings is 1. The molecule has 2 amide bonds. The van der Waals surface area contributed by atoms with Crippen LogP contribution in [0.1, 0.15) is 12.8 Å². The lowest BCUT2D eigenvalue weighted by molar-refractivity contribution is -0.135. The number of nitrogens with two attached hydrogens (primary N) is 1. The highest BCUT2D eigenvalue weighted by atomic mass is 19.1. The lowest BCUT2D eigenvalue weighted by Gasteiger charge is -2.36. The number of fused-ring (bicyclic) bond motifs is 1. The number of pyridine rings is 1. The fraction of sp³-hybridized carbons (Fsp3) is 0.682. The molecule has 0 bridgehead atoms. The number of halogens is 2. The van der Waals surface area contributed by atoms with E-state index in [9.17, 15) is 18.4 Å². The van der Waals surface area contributed by atoms with E-state index in [-0.39, 0.29) is 36.3 Å². The maximum absolute atomic E-state index is 14.9. The number of rotatable bonds is 7. The number of aromatic nitrogens is 1. The number of nitrogens with zero attached hydrogens (tertiary/aromatic N) is 4. The van der Waals surface area contributed by atoms with Gasteiger partial charge < -0.3 is 25.6 Å². The summed E-state index contributed by atoms with van der Waals surface area (Å²) in [6, 6.07) is 0. The van der Waals surface area contributed by atoms with Crippen LogP contribution in [0.4, 0.5) is 20.2 Å². The molecule has 13 heteroatoms. The number of nitrogens with one attached hydrogen (secondary N) is 3. The van der Waals surface area contributed by atoms with Gasteiger partial charge in [0.15, 0.2) is 5.82 Å². The number of hydrazine groups is 1. The topological polar surface area (TPSA) is 128 Å². The molecule has 0 radical (unpaired) electrons. The minimum atomic E-state index is -1.07. The molecule has 0 saturated carbocycles. The summed E-state index contributed by atoms with van der Waals surface area (Å²) in [5.41, 5.74) is 9.54. The van der Waals surface area contributed by atoms with Crippen LogP contribution >= 0.6 is 0 Å². The van der Waals surface area contributed by atoms with Crippen molar-refractivity contribution in [3.8, 4) is 0 Å². The minimum absolute atomic E-state index is 0.0493. The van der Waals surface area contributed by atoms with Crippen LogP contribution in [0.5, 0.6) is 0 Å². The first-order valence-corrected chi connectivity index (χ1v) is 11.9. The van der Waals surface area contributed by atoms with E-state index in [1.165, 1.54) is 6.20 Å². The Bertz CT molecular complexity index is 917. The van der Waals surface area contributed by atoms with Gasteiger partial charge in [-0.25, -0.2) is 19.2 Å². The maximum atomic E-state index is 14.9. The van der Waals surface area contributed by atoms with Crippen LogP contribution in [0.25, 0.3) is 0 Å². The van der Waals surface area contributed by atoms with Crippen LogP contribution in [-0.2, 0) is 14.3 Å². The Labute approximate surface area is 203 Å². The average Bonchev–Trinajstić information content (AvgIpc) is 3.17. The second-order valence-corrected chi connectivity index (χ2v) is 9.30. The molecule has 1 aromatic rings. The second kappa shape index (κ2) is 11.1. The third-order valence-corrected chi connectivity index (χ3v) is 6.92. The summed E-state index contributed by atoms with van der Waals surface area (Å²) < 4.78 is 33.7. The van der Waals surface area contributed by atoms with Crippen molar-refractivity contribution >= 4 is 23.2 Å². The number of hydrogen-bond acceptors (Lipinski definition) is 9. The first kappa shape index (κ1) is 25.6. The van der Waals surface area contributed by atoms with Crippen molar-refractivity contribution in [1.82, 2.24) is 25.6 Å². The van der Waals surface area contributed by atoms with Gasteiger partial charge in [0.25, 0.3) is 0 Å². The molecular formula is C22H34F2N8O3. The highest BCUT2D eigenvalue weighted by Crippen LogP contribution is 2.33. The van der Waals surface area contributed by atoms with Crippen LogP contribution < -0.4 is 26.7 Å². The number of carbonyl (C=O) groups is 2. The van der Waals surface area contributed by atoms with E-state index in [1.54, 1.807) is 24.1 Å². The van der Waals surface area contributed by atoms with Gasteiger partial charge in [0, 0.05) is 52.8 Å². The summed E-state index contributed by atoms with van der Waals surface area (Å²) >= 11 is 0. The van der Waals surface area contributed by atoms with Crippen molar-refractivity contribution in [2.45, 2.75) is 31.3 Å². The largest absolute Gasteiger partial charge is 0.383 e. The quantitative estimate of drug-likeness (QED) is 0.394. The fourth-order valence-corrected chi connectivity index (χ4v) is 5.04. The molecular weight excluding hydrogens is 462 g/mol. The first-order valence-electron chi connectivity index (χ1n) is 11.9. The van der Waals surface area contributed by atoms with Gasteiger partial charge in [-0.2, -0.15) is 0 Å². The van der Waals surface area contributed by atoms with E-state index in [0.29, 0.717) is 39.1 Å². The predicted molar refractivity (Wildman–Crippen MR) is 125 cm³/mol. The van der Waals surface area contributed by atoms with Crippen molar-refractivity contribution in [3.05, 3.63) is 18.2 Å². The highest BCUT2D eigenvalue weighted by Gasteiger charge is 2.47. The van der Waals surface area contributed by atoms with Crippen LogP contribution in [0, 0.1) is 17.7 Å². The fourth-order valence-electron chi connectivity index (χ4n) is 5.04. The number of methoxy groups -OCH3 is 1. The molecule has 194 valence electrons. The number of hydrogen-bond donors (Lipinski definition) is 4. The Kier molecular flexibility index (Phi) is 8.12. The lowest BCUT2D eigenvalue weighted by atomic mass is 9.95. The highest BCUT2D eigenvalue weighted by molar-refractivity contribution is 5.96. The number of amides is 2. The summed E-state index contributed by atoms with van der Waals surface area (Å²) in [6.07, 6.45) is 1.38. The van der Waals surface area contributed by atoms with E-state index < -0.39 is 36.1 Å². The Morgan fingerprint density at radius 3 is 2.80 bits per heavy atom. The van der Waals surface area contributed by atoms with Crippen molar-refractivity contribution in [1.29, 1.82) is 0 Å². The monoisotopic (exact) mass is 496 g/mol. The van der Waals surface area contributed by atoms with Crippen molar-refractivity contribution < 1.29 is 23.1 Å². The molecule has 3 saturated heterocycles. The zero-order chi connectivity index (χ0) is 25.1. The molecule has 35 heavy (non-hydrogen) atoms. The van der Waals surface area contributed by atoms with Gasteiger partial charge in [-0.1, -0.05) is 0 Å². The SMILES string of the molecule is COCCN(C)C(=O)C1CCN(c2c(F)cncc2NC(=O)C2C(N)NN3CC(F)CNC23)CC1. The normalized spacial score (nSPS) is 27.5. The molecule has 4 unspecified atom stereocenters. The molecule has 0 spiro atoms. The molecule has 1 aromatic heterocycles. The van der Waals surface area contributed by atoms with Crippen molar-refractivity contribution in [3.63, 3.8) is 0 Å². The summed E-state index contributed by atoms with van der Waals surface area (Å²) in [5, 5.41) is 7.39. The molecule has 0 aromatic carbocycles. The van der Waals surface area contributed by atoms with E-state index in [2.05, 4.69) is 21.0 Å². The summed E-state index contributed by atoms with van der Waals surface area (Å²) in [5.74, 6) is -1.80. The van der Waals surface area contributed by atoms with Crippen LogP contribution in [-0.4, -0.2) is 98.7 Å². The zero-order valence-corrected chi connectivity index (χ0v) is 20.0. The number of carbonyl (C=O) groups excluding carboxylic acids is 2. The summed E-state index contributed by atoms with van der Waals surface area (Å²) in [4.78, 5) is 33.3. The third kappa shape index (κ3) is 5.54. The standard InChI is InChI=1S/C22H34F2N8O3/c1-30(7-8-35-2)22(34)13-3-5-31(6-4-13)18-15(24)10-26-11-16(18)28-21(33)17-19(25)29-32-12-14(23)9-27-20(17)32/h10-11,13-14,17,19-20,27,29H,3-9,12,25H2,1-2H3,(H,28,33). The Morgan fingerprint density at radius 1 is 1.34 bits per heavy atom. The van der Waals surface area contributed by atoms with Crippen LogP contribution in [0.15, 0.2) is 12.4 Å². The van der Waals surface area contributed by atoms with E-state index in [1.807, 2.05) is 4.90 Å². The number of likely N-dealkylation sites (N-methyl/N-ethyl adjacent to an activating group) is 1. The van der Waals surface area contributed by atoms with E-state index >= 15 is 0 Å². The zero-order valence-electron chi connectivity index (χ0n) is 20.0. The second-order valence-electron chi connectivity index (χ2n) is 9.30. The van der Waals surface area contributed by atoms with Gasteiger partial charge >= 0.3 is 0 Å². The summed E-state index contributed by atoms with van der Waals surface area (Å²) in [6.45, 7) is 2.14. The molecule has 5 N–H and O–H groups in total. The van der Waals surface area contributed by atoms with Crippen molar-refractivity contribution in [2.24, 2.45) is 17.6 Å². The van der Waals surface area contributed by atoms with Gasteiger partial charge in [-0.15, -0.1) is 0 Å². The molecule has 3 fully saturated rings. The number of ether oxygens (including phenoxy) is 1. The summed E-state index contributed by atoms with van der Waals surface area (Å²) in [7, 11) is 3.34. The van der Waals surface area contributed by atoms with Gasteiger partial charge in [0.2, 0.25) is 11.8 Å². The van der Waals surface area contributed by atoms with Crippen LogP contribution in [0.3, 0.4) is 0 Å². The molecule has 11 nitrogen and oxygen atoms in total.